The highest BCUT2D eigenvalue weighted by atomic mass is 16.5. The first-order valence-electron chi connectivity index (χ1n) is 9.17. The Hall–Kier alpha value is -3.15. The number of carbonyl (C=O) groups is 1. The minimum absolute atomic E-state index is 0.0522. The third-order valence-corrected chi connectivity index (χ3v) is 4.47. The van der Waals surface area contributed by atoms with Crippen LogP contribution < -0.4 is 0 Å². The number of phenols is 1. The topological polar surface area (TPSA) is 77.2 Å². The molecule has 0 radical (unpaired) electrons. The van der Waals surface area contributed by atoms with Gasteiger partial charge in [0.05, 0.1) is 6.61 Å². The first-order valence-corrected chi connectivity index (χ1v) is 9.17. The molecule has 6 nitrogen and oxygen atoms in total. The summed E-state index contributed by atoms with van der Waals surface area (Å²) in [7, 11) is 0. The molecule has 0 saturated carbocycles. The van der Waals surface area contributed by atoms with E-state index in [-0.39, 0.29) is 23.7 Å². The van der Waals surface area contributed by atoms with E-state index < -0.39 is 0 Å². The van der Waals surface area contributed by atoms with Gasteiger partial charge in [0.15, 0.2) is 0 Å². The van der Waals surface area contributed by atoms with E-state index in [0.29, 0.717) is 23.2 Å². The van der Waals surface area contributed by atoms with Gasteiger partial charge in [-0.15, -0.1) is 15.0 Å². The summed E-state index contributed by atoms with van der Waals surface area (Å²) in [6.07, 6.45) is 0.576. The Morgan fingerprint density at radius 1 is 1.14 bits per heavy atom. The van der Waals surface area contributed by atoms with Crippen LogP contribution in [0.3, 0.4) is 0 Å². The van der Waals surface area contributed by atoms with Crippen LogP contribution in [0.5, 0.6) is 5.75 Å². The number of aromatic nitrogens is 3. The van der Waals surface area contributed by atoms with Crippen LogP contribution >= 0.6 is 0 Å². The zero-order valence-corrected chi connectivity index (χ0v) is 16.7. The molecular formula is C22H25N3O3. The zero-order chi connectivity index (χ0) is 20.5. The molecule has 0 saturated heterocycles. The number of phenolic OH excluding ortho intramolecular Hbond substituents is 1. The molecular weight excluding hydrogens is 354 g/mol. The van der Waals surface area contributed by atoms with E-state index in [2.05, 4.69) is 37.5 Å². The predicted octanol–water partition coefficient (Wildman–Crippen LogP) is 4.09. The van der Waals surface area contributed by atoms with Crippen LogP contribution in [-0.2, 0) is 21.4 Å². The lowest BCUT2D eigenvalue weighted by Crippen LogP contribution is -2.12. The van der Waals surface area contributed by atoms with Crippen LogP contribution in [0.25, 0.3) is 16.7 Å². The van der Waals surface area contributed by atoms with Crippen LogP contribution in [0.1, 0.15) is 38.8 Å². The van der Waals surface area contributed by atoms with Gasteiger partial charge in [0.2, 0.25) is 0 Å². The molecule has 3 aromatic rings. The van der Waals surface area contributed by atoms with Gasteiger partial charge in [-0.3, -0.25) is 0 Å². The van der Waals surface area contributed by atoms with Crippen molar-refractivity contribution in [3.8, 4) is 11.4 Å². The quantitative estimate of drug-likeness (QED) is 0.534. The summed E-state index contributed by atoms with van der Waals surface area (Å²) in [6, 6.07) is 11.2. The summed E-state index contributed by atoms with van der Waals surface area (Å²) in [5, 5.41) is 19.3. The maximum atomic E-state index is 11.5. The van der Waals surface area contributed by atoms with Crippen LogP contribution in [0.15, 0.2) is 48.6 Å². The number of ether oxygens (including phenoxy) is 1. The number of rotatable bonds is 5. The molecule has 0 fully saturated rings. The first-order chi connectivity index (χ1) is 13.1. The fourth-order valence-electron chi connectivity index (χ4n) is 2.76. The fraction of sp³-hybridized carbons (Fsp3) is 0.318. The number of carbonyl (C=O) groups excluding carboxylic acids is 1. The first kappa shape index (κ1) is 19.6. The van der Waals surface area contributed by atoms with E-state index in [0.717, 1.165) is 16.6 Å². The zero-order valence-electron chi connectivity index (χ0n) is 16.7. The van der Waals surface area contributed by atoms with Crippen molar-refractivity contribution >= 4 is 17.0 Å². The highest BCUT2D eigenvalue weighted by Gasteiger charge is 2.17. The molecule has 0 atom stereocenters. The number of benzene rings is 2. The standard InChI is InChI=1S/C22H25N3O3/c1-14(2)21(27)28-11-10-15-6-8-17-18(12-15)24-25(23-17)19-13-16(22(3,4)5)7-9-20(19)26/h6-9,12-13,26H,1,10-11H2,2-5H3. The molecule has 6 heteroatoms. The van der Waals surface area contributed by atoms with Gasteiger partial charge >= 0.3 is 5.97 Å². The van der Waals surface area contributed by atoms with E-state index in [1.54, 1.807) is 13.0 Å². The van der Waals surface area contributed by atoms with Gasteiger partial charge < -0.3 is 9.84 Å². The Bertz CT molecular complexity index is 1040. The summed E-state index contributed by atoms with van der Waals surface area (Å²) < 4.78 is 5.14. The monoisotopic (exact) mass is 379 g/mol. The molecule has 1 N–H and O–H groups in total. The van der Waals surface area contributed by atoms with Gasteiger partial charge in [-0.1, -0.05) is 39.5 Å². The normalized spacial score (nSPS) is 11.6. The number of aromatic hydroxyl groups is 1. The summed E-state index contributed by atoms with van der Waals surface area (Å²) in [4.78, 5) is 12.9. The van der Waals surface area contributed by atoms with Crippen molar-refractivity contribution in [1.82, 2.24) is 15.0 Å². The predicted molar refractivity (Wildman–Crippen MR) is 109 cm³/mol. The summed E-state index contributed by atoms with van der Waals surface area (Å²) >= 11 is 0. The third-order valence-electron chi connectivity index (χ3n) is 4.47. The molecule has 0 spiro atoms. The van der Waals surface area contributed by atoms with E-state index in [1.165, 1.54) is 4.80 Å². The van der Waals surface area contributed by atoms with E-state index in [1.807, 2.05) is 30.3 Å². The van der Waals surface area contributed by atoms with Gasteiger partial charge in [-0.05, 0) is 47.7 Å². The molecule has 0 aliphatic heterocycles. The van der Waals surface area contributed by atoms with Crippen molar-refractivity contribution in [2.75, 3.05) is 6.61 Å². The van der Waals surface area contributed by atoms with E-state index >= 15 is 0 Å². The van der Waals surface area contributed by atoms with Crippen molar-refractivity contribution in [2.45, 2.75) is 39.5 Å². The second-order valence-electron chi connectivity index (χ2n) is 7.93. The molecule has 0 bridgehead atoms. The van der Waals surface area contributed by atoms with Crippen LogP contribution in [0.4, 0.5) is 0 Å². The second-order valence-corrected chi connectivity index (χ2v) is 7.93. The number of hydrogen-bond acceptors (Lipinski definition) is 5. The Kier molecular flexibility index (Phi) is 5.23. The van der Waals surface area contributed by atoms with Gasteiger partial charge in [0, 0.05) is 12.0 Å². The summed E-state index contributed by atoms with van der Waals surface area (Å²) in [5.41, 5.74) is 4.39. The van der Waals surface area contributed by atoms with Gasteiger partial charge in [0.25, 0.3) is 0 Å². The Labute approximate surface area is 164 Å². The molecule has 0 aliphatic carbocycles. The summed E-state index contributed by atoms with van der Waals surface area (Å²) in [6.45, 7) is 11.8. The van der Waals surface area contributed by atoms with Crippen molar-refractivity contribution in [3.05, 3.63) is 59.7 Å². The molecule has 0 aliphatic rings. The van der Waals surface area contributed by atoms with E-state index in [4.69, 9.17) is 4.74 Å². The largest absolute Gasteiger partial charge is 0.506 e. The third kappa shape index (κ3) is 4.22. The van der Waals surface area contributed by atoms with Crippen LogP contribution in [-0.4, -0.2) is 32.7 Å². The minimum atomic E-state index is -0.388. The summed E-state index contributed by atoms with van der Waals surface area (Å²) in [5.74, 6) is -0.263. The lowest BCUT2D eigenvalue weighted by Gasteiger charge is -2.19. The minimum Gasteiger partial charge on any atom is -0.506 e. The lowest BCUT2D eigenvalue weighted by atomic mass is 9.87. The Balaban J connectivity index is 1.85. The van der Waals surface area contributed by atoms with Crippen LogP contribution in [0, 0.1) is 0 Å². The molecule has 3 rings (SSSR count). The molecule has 146 valence electrons. The SMILES string of the molecule is C=C(C)C(=O)OCCc1ccc2nn(-c3cc(C(C)(C)C)ccc3O)nc2c1. The average molecular weight is 379 g/mol. The number of nitrogens with zero attached hydrogens (tertiary/aromatic N) is 3. The van der Waals surface area contributed by atoms with Gasteiger partial charge in [-0.2, -0.15) is 0 Å². The van der Waals surface area contributed by atoms with Gasteiger partial charge in [-0.25, -0.2) is 4.79 Å². The van der Waals surface area contributed by atoms with Crippen molar-refractivity contribution in [2.24, 2.45) is 0 Å². The number of esters is 1. The average Bonchev–Trinajstić information content (AvgIpc) is 3.03. The smallest absolute Gasteiger partial charge is 0.333 e. The molecule has 1 heterocycles. The fourth-order valence-corrected chi connectivity index (χ4v) is 2.76. The maximum Gasteiger partial charge on any atom is 0.333 e. The molecule has 0 unspecified atom stereocenters. The van der Waals surface area contributed by atoms with Crippen molar-refractivity contribution < 1.29 is 14.6 Å². The Morgan fingerprint density at radius 2 is 1.86 bits per heavy atom. The lowest BCUT2D eigenvalue weighted by molar-refractivity contribution is -0.138. The Morgan fingerprint density at radius 3 is 2.54 bits per heavy atom. The van der Waals surface area contributed by atoms with Crippen molar-refractivity contribution in [3.63, 3.8) is 0 Å². The van der Waals surface area contributed by atoms with Gasteiger partial charge in [0.1, 0.15) is 22.5 Å². The number of fused-ring (bicyclic) bond motifs is 1. The molecule has 28 heavy (non-hydrogen) atoms. The highest BCUT2D eigenvalue weighted by Crippen LogP contribution is 2.29. The maximum absolute atomic E-state index is 11.5. The molecule has 0 amide bonds. The van der Waals surface area contributed by atoms with Crippen LogP contribution in [0.2, 0.25) is 0 Å². The van der Waals surface area contributed by atoms with E-state index in [9.17, 15) is 9.90 Å². The molecule has 2 aromatic carbocycles. The van der Waals surface area contributed by atoms with Crippen molar-refractivity contribution in [1.29, 1.82) is 0 Å². The second kappa shape index (κ2) is 7.46. The number of hydrogen-bond donors (Lipinski definition) is 1. The molecule has 1 aromatic heterocycles. The highest BCUT2D eigenvalue weighted by molar-refractivity contribution is 5.86.